The van der Waals surface area contributed by atoms with Gasteiger partial charge in [-0.15, -0.1) is 0 Å². The SMILES string of the molecule is C=C/C=C\C1=C(C)c2ccc3c(oc4ccc(-c5cc(C#N)ccc5-n5c6ccccc6c6cc(C#N)ccc65)cc43)c2C1(C)C. The monoisotopic (exact) mass is 591 g/mol. The van der Waals surface area contributed by atoms with Crippen LogP contribution in [0.1, 0.15) is 43.0 Å². The summed E-state index contributed by atoms with van der Waals surface area (Å²) < 4.78 is 8.89. The van der Waals surface area contributed by atoms with Crippen molar-refractivity contribution in [2.75, 3.05) is 0 Å². The van der Waals surface area contributed by atoms with E-state index in [-0.39, 0.29) is 5.41 Å². The zero-order valence-electron chi connectivity index (χ0n) is 25.8. The van der Waals surface area contributed by atoms with Crippen LogP contribution in [0.15, 0.2) is 126 Å². The molecule has 0 N–H and O–H groups in total. The third kappa shape index (κ3) is 3.78. The molecule has 0 fully saturated rings. The summed E-state index contributed by atoms with van der Waals surface area (Å²) in [6.07, 6.45) is 5.98. The smallest absolute Gasteiger partial charge is 0.140 e. The van der Waals surface area contributed by atoms with Crippen molar-refractivity contribution in [2.24, 2.45) is 0 Å². The van der Waals surface area contributed by atoms with E-state index < -0.39 is 0 Å². The number of aromatic nitrogens is 1. The van der Waals surface area contributed by atoms with Crippen LogP contribution in [0.25, 0.3) is 66.1 Å². The van der Waals surface area contributed by atoms with Gasteiger partial charge in [-0.2, -0.15) is 10.5 Å². The fourth-order valence-electron chi connectivity index (χ4n) is 7.52. The van der Waals surface area contributed by atoms with E-state index in [1.807, 2.05) is 66.7 Å². The highest BCUT2D eigenvalue weighted by Gasteiger charge is 2.38. The number of para-hydroxylation sites is 1. The van der Waals surface area contributed by atoms with Gasteiger partial charge < -0.3 is 8.98 Å². The number of nitrogens with zero attached hydrogens (tertiary/aromatic N) is 3. The molecule has 2 aromatic heterocycles. The largest absolute Gasteiger partial charge is 0.456 e. The Morgan fingerprint density at radius 1 is 0.761 bits per heavy atom. The third-order valence-corrected chi connectivity index (χ3v) is 9.62. The van der Waals surface area contributed by atoms with Gasteiger partial charge in [-0.25, -0.2) is 0 Å². The molecule has 0 amide bonds. The minimum Gasteiger partial charge on any atom is -0.456 e. The summed E-state index contributed by atoms with van der Waals surface area (Å²) in [4.78, 5) is 0. The first kappa shape index (κ1) is 27.4. The predicted octanol–water partition coefficient (Wildman–Crippen LogP) is 10.9. The first-order valence-electron chi connectivity index (χ1n) is 15.3. The van der Waals surface area contributed by atoms with Gasteiger partial charge in [0.05, 0.1) is 40.0 Å². The Morgan fingerprint density at radius 2 is 1.52 bits per heavy atom. The van der Waals surface area contributed by atoms with Gasteiger partial charge in [0.25, 0.3) is 0 Å². The van der Waals surface area contributed by atoms with E-state index in [1.165, 1.54) is 22.3 Å². The van der Waals surface area contributed by atoms with Gasteiger partial charge in [-0.05, 0) is 89.9 Å². The van der Waals surface area contributed by atoms with Crippen LogP contribution in [-0.4, -0.2) is 4.57 Å². The molecule has 0 aliphatic heterocycles. The van der Waals surface area contributed by atoms with Gasteiger partial charge in [0.1, 0.15) is 11.2 Å². The summed E-state index contributed by atoms with van der Waals surface area (Å²) >= 11 is 0. The van der Waals surface area contributed by atoms with Crippen molar-refractivity contribution in [2.45, 2.75) is 26.2 Å². The van der Waals surface area contributed by atoms with Crippen LogP contribution in [0, 0.1) is 22.7 Å². The lowest BCUT2D eigenvalue weighted by atomic mass is 9.80. The lowest BCUT2D eigenvalue weighted by molar-refractivity contribution is 0.616. The van der Waals surface area contributed by atoms with Crippen LogP contribution in [0.2, 0.25) is 0 Å². The molecule has 0 bridgehead atoms. The van der Waals surface area contributed by atoms with Crippen LogP contribution >= 0.6 is 0 Å². The van der Waals surface area contributed by atoms with Crippen LogP contribution in [-0.2, 0) is 5.41 Å². The van der Waals surface area contributed by atoms with Crippen molar-refractivity contribution in [3.8, 4) is 29.0 Å². The van der Waals surface area contributed by atoms with Crippen LogP contribution in [0.3, 0.4) is 0 Å². The minimum absolute atomic E-state index is 0.231. The second-order valence-corrected chi connectivity index (χ2v) is 12.5. The third-order valence-electron chi connectivity index (χ3n) is 9.62. The van der Waals surface area contributed by atoms with E-state index in [2.05, 4.69) is 86.5 Å². The standard InChI is InChI=1S/C42H29N3O/c1-5-6-10-35-25(2)29-15-16-31-34-22-28(14-19-39(34)46-41(31)40(29)42(35,3)4)32-20-26(23-43)12-17-37(32)45-36-11-8-7-9-30(36)33-21-27(24-44)13-18-38(33)45/h5-22H,1H2,2-4H3/b10-6-. The summed E-state index contributed by atoms with van der Waals surface area (Å²) in [5.41, 5.74) is 12.6. The average Bonchev–Trinajstić information content (AvgIpc) is 3.68. The van der Waals surface area contributed by atoms with Gasteiger partial charge in [-0.1, -0.05) is 69.0 Å². The van der Waals surface area contributed by atoms with E-state index in [4.69, 9.17) is 4.42 Å². The Morgan fingerprint density at radius 3 is 2.33 bits per heavy atom. The summed E-state index contributed by atoms with van der Waals surface area (Å²) in [7, 11) is 0. The molecule has 0 spiro atoms. The van der Waals surface area contributed by atoms with E-state index in [9.17, 15) is 10.5 Å². The van der Waals surface area contributed by atoms with E-state index >= 15 is 0 Å². The van der Waals surface area contributed by atoms with E-state index in [1.54, 1.807) is 0 Å². The van der Waals surface area contributed by atoms with Crippen molar-refractivity contribution in [1.82, 2.24) is 4.57 Å². The van der Waals surface area contributed by atoms with Gasteiger partial charge in [0.15, 0.2) is 0 Å². The van der Waals surface area contributed by atoms with Crippen molar-refractivity contribution >= 4 is 49.3 Å². The normalized spacial score (nSPS) is 14.0. The quantitative estimate of drug-likeness (QED) is 0.191. The number of rotatable bonds is 4. The molecule has 0 atom stereocenters. The van der Waals surface area contributed by atoms with Crippen LogP contribution < -0.4 is 0 Å². The Balaban J connectivity index is 1.37. The number of hydrogen-bond donors (Lipinski definition) is 0. The molecule has 8 rings (SSSR count). The fourth-order valence-corrected chi connectivity index (χ4v) is 7.52. The molecule has 7 aromatic rings. The molecule has 0 saturated carbocycles. The summed E-state index contributed by atoms with van der Waals surface area (Å²) in [5, 5.41) is 23.8. The summed E-state index contributed by atoms with van der Waals surface area (Å²) in [6, 6.07) is 35.3. The number of benzene rings is 5. The first-order chi connectivity index (χ1) is 22.3. The molecule has 218 valence electrons. The lowest BCUT2D eigenvalue weighted by Crippen LogP contribution is -2.16. The Kier molecular flexibility index (Phi) is 5.94. The number of furan rings is 1. The minimum atomic E-state index is -0.231. The molecule has 4 heteroatoms. The molecular formula is C42H29N3O. The number of hydrogen-bond acceptors (Lipinski definition) is 3. The zero-order chi connectivity index (χ0) is 31.7. The maximum absolute atomic E-state index is 9.93. The number of nitriles is 2. The van der Waals surface area contributed by atoms with Crippen molar-refractivity contribution in [3.63, 3.8) is 0 Å². The zero-order valence-corrected chi connectivity index (χ0v) is 25.8. The van der Waals surface area contributed by atoms with Crippen molar-refractivity contribution < 1.29 is 4.42 Å². The second-order valence-electron chi connectivity index (χ2n) is 12.5. The number of fused-ring (bicyclic) bond motifs is 8. The molecule has 0 unspecified atom stereocenters. The van der Waals surface area contributed by atoms with Gasteiger partial charge in [0, 0.05) is 38.1 Å². The van der Waals surface area contributed by atoms with Crippen molar-refractivity contribution in [3.05, 3.63) is 144 Å². The summed E-state index contributed by atoms with van der Waals surface area (Å²) in [6.45, 7) is 10.6. The molecule has 4 nitrogen and oxygen atoms in total. The van der Waals surface area contributed by atoms with E-state index in [0.29, 0.717) is 11.1 Å². The highest BCUT2D eigenvalue weighted by molar-refractivity contribution is 6.12. The molecule has 46 heavy (non-hydrogen) atoms. The van der Waals surface area contributed by atoms with Gasteiger partial charge in [-0.3, -0.25) is 0 Å². The molecule has 1 aliphatic carbocycles. The Labute approximate surface area is 267 Å². The van der Waals surface area contributed by atoms with Crippen LogP contribution in [0.4, 0.5) is 0 Å². The molecule has 0 saturated heterocycles. The maximum atomic E-state index is 9.93. The van der Waals surface area contributed by atoms with Gasteiger partial charge in [0.2, 0.25) is 0 Å². The highest BCUT2D eigenvalue weighted by Crippen LogP contribution is 2.51. The van der Waals surface area contributed by atoms with Gasteiger partial charge >= 0.3 is 0 Å². The second kappa shape index (κ2) is 9.96. The van der Waals surface area contributed by atoms with Crippen molar-refractivity contribution in [1.29, 1.82) is 10.5 Å². The molecule has 0 radical (unpaired) electrons. The Hall–Kier alpha value is -6.10. The highest BCUT2D eigenvalue weighted by atomic mass is 16.3. The molecular weight excluding hydrogens is 562 g/mol. The maximum Gasteiger partial charge on any atom is 0.140 e. The molecule has 2 heterocycles. The van der Waals surface area contributed by atoms with E-state index in [0.717, 1.165) is 60.6 Å². The van der Waals surface area contributed by atoms with Crippen LogP contribution in [0.5, 0.6) is 0 Å². The predicted molar refractivity (Wildman–Crippen MR) is 188 cm³/mol. The topological polar surface area (TPSA) is 65.7 Å². The number of allylic oxidation sites excluding steroid dienone is 5. The summed E-state index contributed by atoms with van der Waals surface area (Å²) in [5.74, 6) is 0. The fraction of sp³-hybridized carbons (Fsp3) is 0.0952. The molecule has 1 aliphatic rings. The average molecular weight is 592 g/mol. The lowest BCUT2D eigenvalue weighted by Gasteiger charge is -2.23. The molecule has 5 aromatic carbocycles. The first-order valence-corrected chi connectivity index (χ1v) is 15.3. The Bertz CT molecular complexity index is 2610.